The maximum atomic E-state index is 5.49. The Morgan fingerprint density at radius 3 is 3.09 bits per heavy atom. The highest BCUT2D eigenvalue weighted by molar-refractivity contribution is 4.96. The Morgan fingerprint density at radius 2 is 2.55 bits per heavy atom. The highest BCUT2D eigenvalue weighted by atomic mass is 16.5. The molecule has 0 aliphatic carbocycles. The number of hydrogen-bond donors (Lipinski definition) is 1. The largest absolute Gasteiger partial charge is 0.377 e. The molecule has 4 nitrogen and oxygen atoms in total. The molecular formula is C7H11N3O. The predicted molar refractivity (Wildman–Crippen MR) is 40.0 cm³/mol. The normalized spacial score (nSPS) is 18.3. The van der Waals surface area contributed by atoms with Crippen LogP contribution in [0.4, 0.5) is 0 Å². The molecule has 2 N–H and O–H groups in total. The van der Waals surface area contributed by atoms with Crippen molar-refractivity contribution >= 4 is 0 Å². The fourth-order valence-corrected chi connectivity index (χ4v) is 1.22. The lowest BCUT2D eigenvalue weighted by Gasteiger charge is -2.28. The number of aromatic nitrogens is 2. The van der Waals surface area contributed by atoms with Crippen molar-refractivity contribution in [3.8, 4) is 0 Å². The molecule has 0 saturated carbocycles. The third-order valence-electron chi connectivity index (χ3n) is 1.95. The standard InChI is InChI=1S/C7H11N3O/c8-3-7-9-1-2-10(7)6-4-11-5-6/h1-2,6H,3-5,8H2. The minimum absolute atomic E-state index is 0.469. The summed E-state index contributed by atoms with van der Waals surface area (Å²) >= 11 is 0. The van der Waals surface area contributed by atoms with E-state index in [1.54, 1.807) is 6.20 Å². The molecule has 1 aromatic rings. The molecule has 60 valence electrons. The van der Waals surface area contributed by atoms with Crippen LogP contribution in [0.3, 0.4) is 0 Å². The van der Waals surface area contributed by atoms with Crippen LogP contribution in [0.15, 0.2) is 12.4 Å². The van der Waals surface area contributed by atoms with Crippen molar-refractivity contribution in [2.45, 2.75) is 12.6 Å². The van der Waals surface area contributed by atoms with Gasteiger partial charge in [-0.1, -0.05) is 0 Å². The van der Waals surface area contributed by atoms with E-state index in [1.807, 2.05) is 6.20 Å². The van der Waals surface area contributed by atoms with Gasteiger partial charge in [0.05, 0.1) is 25.8 Å². The average Bonchev–Trinajstić information content (AvgIpc) is 2.32. The second-order valence-electron chi connectivity index (χ2n) is 2.65. The third kappa shape index (κ3) is 1.04. The van der Waals surface area contributed by atoms with Crippen LogP contribution in [0.5, 0.6) is 0 Å². The van der Waals surface area contributed by atoms with E-state index >= 15 is 0 Å². The van der Waals surface area contributed by atoms with Crippen LogP contribution in [-0.2, 0) is 11.3 Å². The van der Waals surface area contributed by atoms with Gasteiger partial charge in [0.1, 0.15) is 5.82 Å². The zero-order valence-electron chi connectivity index (χ0n) is 6.23. The quantitative estimate of drug-likeness (QED) is 0.646. The minimum Gasteiger partial charge on any atom is -0.377 e. The molecule has 4 heteroatoms. The molecule has 1 saturated heterocycles. The van der Waals surface area contributed by atoms with E-state index in [9.17, 15) is 0 Å². The van der Waals surface area contributed by atoms with Gasteiger partial charge in [-0.05, 0) is 0 Å². The van der Waals surface area contributed by atoms with Gasteiger partial charge in [-0.15, -0.1) is 0 Å². The molecule has 0 spiro atoms. The van der Waals surface area contributed by atoms with Crippen molar-refractivity contribution in [2.24, 2.45) is 5.73 Å². The molecule has 0 amide bonds. The number of rotatable bonds is 2. The van der Waals surface area contributed by atoms with E-state index in [2.05, 4.69) is 9.55 Å². The van der Waals surface area contributed by atoms with Gasteiger partial charge in [0.25, 0.3) is 0 Å². The first-order valence-corrected chi connectivity index (χ1v) is 3.71. The van der Waals surface area contributed by atoms with Crippen LogP contribution >= 0.6 is 0 Å². The van der Waals surface area contributed by atoms with Crippen molar-refractivity contribution in [1.82, 2.24) is 9.55 Å². The second kappa shape index (κ2) is 2.64. The van der Waals surface area contributed by atoms with Gasteiger partial charge < -0.3 is 15.0 Å². The first-order chi connectivity index (χ1) is 5.42. The van der Waals surface area contributed by atoms with E-state index in [0.29, 0.717) is 12.6 Å². The summed E-state index contributed by atoms with van der Waals surface area (Å²) < 4.78 is 7.16. The first-order valence-electron chi connectivity index (χ1n) is 3.71. The number of nitrogens with zero attached hydrogens (tertiary/aromatic N) is 2. The Labute approximate surface area is 65.0 Å². The minimum atomic E-state index is 0.469. The monoisotopic (exact) mass is 153 g/mol. The molecule has 0 unspecified atom stereocenters. The fraction of sp³-hybridized carbons (Fsp3) is 0.571. The molecule has 2 heterocycles. The molecule has 11 heavy (non-hydrogen) atoms. The molecule has 0 aromatic carbocycles. The highest BCUT2D eigenvalue weighted by Gasteiger charge is 2.21. The van der Waals surface area contributed by atoms with Gasteiger partial charge in [0.15, 0.2) is 0 Å². The van der Waals surface area contributed by atoms with Crippen molar-refractivity contribution in [3.63, 3.8) is 0 Å². The number of ether oxygens (including phenoxy) is 1. The summed E-state index contributed by atoms with van der Waals surface area (Å²) in [6.07, 6.45) is 3.73. The lowest BCUT2D eigenvalue weighted by molar-refractivity contribution is -0.0244. The Morgan fingerprint density at radius 1 is 1.73 bits per heavy atom. The Balaban J connectivity index is 2.20. The van der Waals surface area contributed by atoms with Gasteiger partial charge in [-0.2, -0.15) is 0 Å². The van der Waals surface area contributed by atoms with Crippen LogP contribution < -0.4 is 5.73 Å². The number of hydrogen-bond acceptors (Lipinski definition) is 3. The highest BCUT2D eigenvalue weighted by Crippen LogP contribution is 2.17. The van der Waals surface area contributed by atoms with Gasteiger partial charge >= 0.3 is 0 Å². The molecule has 1 aliphatic heterocycles. The Hall–Kier alpha value is -0.870. The van der Waals surface area contributed by atoms with Gasteiger partial charge in [-0.25, -0.2) is 4.98 Å². The number of imidazole rings is 1. The summed E-state index contributed by atoms with van der Waals surface area (Å²) in [5.41, 5.74) is 5.49. The average molecular weight is 153 g/mol. The maximum Gasteiger partial charge on any atom is 0.122 e. The van der Waals surface area contributed by atoms with Crippen molar-refractivity contribution < 1.29 is 4.74 Å². The molecule has 1 fully saturated rings. The first kappa shape index (κ1) is 6.82. The third-order valence-corrected chi connectivity index (χ3v) is 1.95. The fourth-order valence-electron chi connectivity index (χ4n) is 1.22. The summed E-state index contributed by atoms with van der Waals surface area (Å²) in [5, 5.41) is 0. The summed E-state index contributed by atoms with van der Waals surface area (Å²) in [4.78, 5) is 4.12. The second-order valence-corrected chi connectivity index (χ2v) is 2.65. The molecule has 0 radical (unpaired) electrons. The van der Waals surface area contributed by atoms with Crippen LogP contribution in [0.25, 0.3) is 0 Å². The molecule has 1 aromatic heterocycles. The lowest BCUT2D eigenvalue weighted by atomic mass is 10.2. The summed E-state index contributed by atoms with van der Waals surface area (Å²) in [7, 11) is 0. The van der Waals surface area contributed by atoms with Crippen molar-refractivity contribution in [1.29, 1.82) is 0 Å². The molecule has 2 rings (SSSR count). The van der Waals surface area contributed by atoms with Gasteiger partial charge in [0.2, 0.25) is 0 Å². The van der Waals surface area contributed by atoms with E-state index < -0.39 is 0 Å². The summed E-state index contributed by atoms with van der Waals surface area (Å²) in [6, 6.07) is 0.469. The zero-order chi connectivity index (χ0) is 7.68. The van der Waals surface area contributed by atoms with Crippen LogP contribution in [0, 0.1) is 0 Å². The SMILES string of the molecule is NCc1nccn1C1COC1. The number of nitrogens with two attached hydrogens (primary N) is 1. The Bertz CT molecular complexity index is 242. The Kier molecular flexibility index (Phi) is 1.63. The maximum absolute atomic E-state index is 5.49. The van der Waals surface area contributed by atoms with Crippen LogP contribution in [0.2, 0.25) is 0 Å². The zero-order valence-corrected chi connectivity index (χ0v) is 6.23. The van der Waals surface area contributed by atoms with E-state index in [4.69, 9.17) is 10.5 Å². The topological polar surface area (TPSA) is 53.1 Å². The van der Waals surface area contributed by atoms with Gasteiger partial charge in [-0.3, -0.25) is 0 Å². The van der Waals surface area contributed by atoms with E-state index in [-0.39, 0.29) is 0 Å². The van der Waals surface area contributed by atoms with Gasteiger partial charge in [0, 0.05) is 12.4 Å². The smallest absolute Gasteiger partial charge is 0.122 e. The molecule has 1 aliphatic rings. The van der Waals surface area contributed by atoms with Crippen molar-refractivity contribution in [3.05, 3.63) is 18.2 Å². The van der Waals surface area contributed by atoms with E-state index in [0.717, 1.165) is 19.0 Å². The van der Waals surface area contributed by atoms with E-state index in [1.165, 1.54) is 0 Å². The molecule has 0 bridgehead atoms. The summed E-state index contributed by atoms with van der Waals surface area (Å²) in [5.74, 6) is 0.943. The molecular weight excluding hydrogens is 142 g/mol. The summed E-state index contributed by atoms with van der Waals surface area (Å²) in [6.45, 7) is 2.09. The lowest BCUT2D eigenvalue weighted by Crippen LogP contribution is -2.31. The molecule has 0 atom stereocenters. The predicted octanol–water partition coefficient (Wildman–Crippen LogP) is -0.0869. The van der Waals surface area contributed by atoms with Crippen molar-refractivity contribution in [2.75, 3.05) is 13.2 Å². The van der Waals surface area contributed by atoms with Crippen LogP contribution in [-0.4, -0.2) is 22.8 Å². The van der Waals surface area contributed by atoms with Crippen LogP contribution in [0.1, 0.15) is 11.9 Å².